The van der Waals surface area contributed by atoms with E-state index in [9.17, 15) is 0 Å². The summed E-state index contributed by atoms with van der Waals surface area (Å²) in [5, 5.41) is 8.96. The fourth-order valence-corrected chi connectivity index (χ4v) is 1.83. The van der Waals surface area contributed by atoms with E-state index in [0.717, 1.165) is 17.1 Å². The largest absolute Gasteiger partial charge is 0.493 e. The van der Waals surface area contributed by atoms with E-state index in [1.54, 1.807) is 14.2 Å². The summed E-state index contributed by atoms with van der Waals surface area (Å²) in [4.78, 5) is 2.07. The number of methoxy groups -OCH3 is 2. The fraction of sp³-hybridized carbons (Fsp3) is 0.538. The molecule has 0 bridgehead atoms. The van der Waals surface area contributed by atoms with Crippen molar-refractivity contribution in [2.75, 3.05) is 34.4 Å². The second kappa shape index (κ2) is 6.47. The van der Waals surface area contributed by atoms with E-state index in [1.807, 2.05) is 25.2 Å². The summed E-state index contributed by atoms with van der Waals surface area (Å²) in [5.74, 6) is 1.49. The molecular formula is C13H21NO3. The highest BCUT2D eigenvalue weighted by Gasteiger charge is 2.18. The van der Waals surface area contributed by atoms with Gasteiger partial charge in [0.25, 0.3) is 0 Å². The van der Waals surface area contributed by atoms with Crippen LogP contribution in [0.1, 0.15) is 18.5 Å². The van der Waals surface area contributed by atoms with Crippen molar-refractivity contribution in [1.29, 1.82) is 0 Å². The molecule has 96 valence electrons. The van der Waals surface area contributed by atoms with Crippen LogP contribution in [0.4, 0.5) is 0 Å². The maximum Gasteiger partial charge on any atom is 0.165 e. The molecule has 4 nitrogen and oxygen atoms in total. The molecule has 1 N–H and O–H groups in total. The molecule has 0 amide bonds. The van der Waals surface area contributed by atoms with Crippen LogP contribution in [0.5, 0.6) is 11.5 Å². The molecular weight excluding hydrogens is 218 g/mol. The van der Waals surface area contributed by atoms with Crippen LogP contribution in [0.25, 0.3) is 0 Å². The summed E-state index contributed by atoms with van der Waals surface area (Å²) >= 11 is 0. The SMILES string of the molecule is COc1cccc(C(C)N(C)CCO)c1OC. The Labute approximate surface area is 103 Å². The van der Waals surface area contributed by atoms with Gasteiger partial charge in [-0.3, -0.25) is 4.90 Å². The highest BCUT2D eigenvalue weighted by Crippen LogP contribution is 2.36. The van der Waals surface area contributed by atoms with Crippen LogP contribution in [-0.4, -0.2) is 44.4 Å². The minimum Gasteiger partial charge on any atom is -0.493 e. The van der Waals surface area contributed by atoms with Gasteiger partial charge < -0.3 is 14.6 Å². The zero-order valence-electron chi connectivity index (χ0n) is 10.9. The van der Waals surface area contributed by atoms with E-state index in [2.05, 4.69) is 11.8 Å². The second-order valence-corrected chi connectivity index (χ2v) is 3.96. The van der Waals surface area contributed by atoms with E-state index in [4.69, 9.17) is 14.6 Å². The number of ether oxygens (including phenoxy) is 2. The third-order valence-corrected chi connectivity index (χ3v) is 3.00. The molecule has 4 heteroatoms. The van der Waals surface area contributed by atoms with Crippen LogP contribution >= 0.6 is 0 Å². The summed E-state index contributed by atoms with van der Waals surface area (Å²) in [5.41, 5.74) is 1.06. The normalized spacial score (nSPS) is 12.6. The molecule has 0 aliphatic carbocycles. The lowest BCUT2D eigenvalue weighted by Crippen LogP contribution is -2.25. The third kappa shape index (κ3) is 3.11. The van der Waals surface area contributed by atoms with E-state index in [1.165, 1.54) is 0 Å². The molecule has 0 saturated heterocycles. The average Bonchev–Trinajstić information content (AvgIpc) is 2.36. The molecule has 17 heavy (non-hydrogen) atoms. The number of rotatable bonds is 6. The van der Waals surface area contributed by atoms with Crippen LogP contribution in [0, 0.1) is 0 Å². The van der Waals surface area contributed by atoms with Gasteiger partial charge in [0, 0.05) is 18.2 Å². The van der Waals surface area contributed by atoms with Crippen molar-refractivity contribution < 1.29 is 14.6 Å². The van der Waals surface area contributed by atoms with Crippen LogP contribution in [0.15, 0.2) is 18.2 Å². The van der Waals surface area contributed by atoms with Gasteiger partial charge in [0.2, 0.25) is 0 Å². The average molecular weight is 239 g/mol. The van der Waals surface area contributed by atoms with Crippen molar-refractivity contribution in [3.05, 3.63) is 23.8 Å². The smallest absolute Gasteiger partial charge is 0.165 e. The third-order valence-electron chi connectivity index (χ3n) is 3.00. The molecule has 0 saturated carbocycles. The molecule has 0 fully saturated rings. The number of hydrogen-bond donors (Lipinski definition) is 1. The molecule has 0 aromatic heterocycles. The number of benzene rings is 1. The number of likely N-dealkylation sites (N-methyl/N-ethyl adjacent to an activating group) is 1. The molecule has 0 spiro atoms. The Kier molecular flexibility index (Phi) is 5.25. The Hall–Kier alpha value is -1.26. The first kappa shape index (κ1) is 13.8. The highest BCUT2D eigenvalue weighted by molar-refractivity contribution is 5.47. The lowest BCUT2D eigenvalue weighted by Gasteiger charge is -2.26. The van der Waals surface area contributed by atoms with Gasteiger partial charge >= 0.3 is 0 Å². The molecule has 1 atom stereocenters. The molecule has 0 aliphatic rings. The number of aliphatic hydroxyl groups excluding tert-OH is 1. The van der Waals surface area contributed by atoms with E-state index >= 15 is 0 Å². The molecule has 1 aromatic carbocycles. The minimum atomic E-state index is 0.146. The first-order chi connectivity index (χ1) is 8.15. The summed E-state index contributed by atoms with van der Waals surface area (Å²) < 4.78 is 10.7. The van der Waals surface area contributed by atoms with Crippen molar-refractivity contribution >= 4 is 0 Å². The Morgan fingerprint density at radius 2 is 2.00 bits per heavy atom. The van der Waals surface area contributed by atoms with Gasteiger partial charge in [-0.25, -0.2) is 0 Å². The van der Waals surface area contributed by atoms with Gasteiger partial charge in [-0.15, -0.1) is 0 Å². The molecule has 1 rings (SSSR count). The topological polar surface area (TPSA) is 41.9 Å². The number of aliphatic hydroxyl groups is 1. The van der Waals surface area contributed by atoms with E-state index in [0.29, 0.717) is 6.54 Å². The summed E-state index contributed by atoms with van der Waals surface area (Å²) in [6, 6.07) is 5.99. The predicted molar refractivity (Wildman–Crippen MR) is 67.7 cm³/mol. The number of hydrogen-bond acceptors (Lipinski definition) is 4. The molecule has 1 aromatic rings. The standard InChI is InChI=1S/C13H21NO3/c1-10(14(2)8-9-15)11-6-5-7-12(16-3)13(11)17-4/h5-7,10,15H,8-9H2,1-4H3. The van der Waals surface area contributed by atoms with Gasteiger partial charge in [-0.1, -0.05) is 12.1 Å². The number of nitrogens with zero attached hydrogens (tertiary/aromatic N) is 1. The van der Waals surface area contributed by atoms with Crippen LogP contribution < -0.4 is 9.47 Å². The Morgan fingerprint density at radius 3 is 2.53 bits per heavy atom. The second-order valence-electron chi connectivity index (χ2n) is 3.96. The van der Waals surface area contributed by atoms with Gasteiger partial charge in [-0.2, -0.15) is 0 Å². The Balaban J connectivity index is 3.03. The minimum absolute atomic E-state index is 0.146. The quantitative estimate of drug-likeness (QED) is 0.820. The first-order valence-electron chi connectivity index (χ1n) is 5.67. The van der Waals surface area contributed by atoms with Crippen LogP contribution in [0.3, 0.4) is 0 Å². The first-order valence-corrected chi connectivity index (χ1v) is 5.67. The Morgan fingerprint density at radius 1 is 1.29 bits per heavy atom. The maximum atomic E-state index is 8.96. The molecule has 0 aliphatic heterocycles. The van der Waals surface area contributed by atoms with Gasteiger partial charge in [-0.05, 0) is 20.0 Å². The van der Waals surface area contributed by atoms with Crippen LogP contribution in [-0.2, 0) is 0 Å². The van der Waals surface area contributed by atoms with Gasteiger partial charge in [0.05, 0.1) is 20.8 Å². The van der Waals surface area contributed by atoms with Gasteiger partial charge in [0.1, 0.15) is 0 Å². The predicted octanol–water partition coefficient (Wildman–Crippen LogP) is 1.69. The monoisotopic (exact) mass is 239 g/mol. The molecule has 0 radical (unpaired) electrons. The number of para-hydroxylation sites is 1. The van der Waals surface area contributed by atoms with Crippen molar-refractivity contribution in [3.63, 3.8) is 0 Å². The van der Waals surface area contributed by atoms with Crippen molar-refractivity contribution in [1.82, 2.24) is 4.90 Å². The lowest BCUT2D eigenvalue weighted by molar-refractivity contribution is 0.186. The zero-order chi connectivity index (χ0) is 12.8. The summed E-state index contributed by atoms with van der Waals surface area (Å²) in [6.07, 6.45) is 0. The highest BCUT2D eigenvalue weighted by atomic mass is 16.5. The molecule has 0 heterocycles. The maximum absolute atomic E-state index is 8.96. The van der Waals surface area contributed by atoms with Crippen LogP contribution in [0.2, 0.25) is 0 Å². The summed E-state index contributed by atoms with van der Waals surface area (Å²) in [6.45, 7) is 2.85. The van der Waals surface area contributed by atoms with E-state index in [-0.39, 0.29) is 12.6 Å². The Bertz CT molecular complexity index is 355. The molecule has 1 unspecified atom stereocenters. The van der Waals surface area contributed by atoms with Crippen molar-refractivity contribution in [2.24, 2.45) is 0 Å². The van der Waals surface area contributed by atoms with Crippen molar-refractivity contribution in [2.45, 2.75) is 13.0 Å². The summed E-state index contributed by atoms with van der Waals surface area (Å²) in [7, 11) is 5.24. The fourth-order valence-electron chi connectivity index (χ4n) is 1.83. The van der Waals surface area contributed by atoms with Gasteiger partial charge in [0.15, 0.2) is 11.5 Å². The van der Waals surface area contributed by atoms with E-state index < -0.39 is 0 Å². The zero-order valence-corrected chi connectivity index (χ0v) is 10.9. The lowest BCUT2D eigenvalue weighted by atomic mass is 10.1. The van der Waals surface area contributed by atoms with Crippen molar-refractivity contribution in [3.8, 4) is 11.5 Å².